The highest BCUT2D eigenvalue weighted by atomic mass is 32.2. The normalized spacial score (nSPS) is 27.8. The van der Waals surface area contributed by atoms with Crippen LogP contribution in [0.15, 0.2) is 5.51 Å². The minimum absolute atomic E-state index is 0.0819. The molecule has 0 bridgehead atoms. The number of hydrogen-bond acceptors (Lipinski definition) is 6. The number of aryl methyl sites for hydroxylation is 1. The van der Waals surface area contributed by atoms with Crippen molar-refractivity contribution in [1.29, 1.82) is 0 Å². The van der Waals surface area contributed by atoms with Gasteiger partial charge < -0.3 is 5.73 Å². The molecule has 2 atom stereocenters. The van der Waals surface area contributed by atoms with Crippen molar-refractivity contribution in [1.82, 2.24) is 9.88 Å². The van der Waals surface area contributed by atoms with E-state index in [0.717, 1.165) is 5.69 Å². The lowest BCUT2D eigenvalue weighted by Gasteiger charge is -2.25. The molecule has 2 unspecified atom stereocenters. The van der Waals surface area contributed by atoms with Gasteiger partial charge >= 0.3 is 0 Å². The second-order valence-electron chi connectivity index (χ2n) is 4.58. The van der Waals surface area contributed by atoms with Gasteiger partial charge in [0.2, 0.25) is 0 Å². The minimum Gasteiger partial charge on any atom is -0.325 e. The van der Waals surface area contributed by atoms with E-state index in [1.807, 2.05) is 24.4 Å². The first-order chi connectivity index (χ1) is 7.89. The largest absolute Gasteiger partial charge is 0.325 e. The second-order valence-corrected chi connectivity index (χ2v) is 7.68. The van der Waals surface area contributed by atoms with Gasteiger partial charge in [0.25, 0.3) is 0 Å². The molecule has 0 saturated carbocycles. The smallest absolute Gasteiger partial charge is 0.153 e. The molecule has 1 aliphatic heterocycles. The molecule has 0 aliphatic carbocycles. The number of aromatic nitrogens is 1. The molecular formula is C10H17N3O2S2. The molecule has 2 heterocycles. The van der Waals surface area contributed by atoms with Crippen molar-refractivity contribution in [2.75, 3.05) is 18.6 Å². The summed E-state index contributed by atoms with van der Waals surface area (Å²) in [7, 11) is -1.04. The molecule has 0 spiro atoms. The predicted molar refractivity (Wildman–Crippen MR) is 68.7 cm³/mol. The van der Waals surface area contributed by atoms with Gasteiger partial charge in [0.15, 0.2) is 9.84 Å². The van der Waals surface area contributed by atoms with Gasteiger partial charge in [0, 0.05) is 23.5 Å². The SMILES string of the molecule is Cc1ncsc1CN(C)C1CS(=O)(=O)CC1N. The number of sulfone groups is 1. The number of likely N-dealkylation sites (N-methyl/N-ethyl adjacent to an activating group) is 1. The Labute approximate surface area is 106 Å². The van der Waals surface area contributed by atoms with Crippen molar-refractivity contribution < 1.29 is 8.42 Å². The molecule has 2 N–H and O–H groups in total. The molecular weight excluding hydrogens is 258 g/mol. The summed E-state index contributed by atoms with van der Waals surface area (Å²) in [5.41, 5.74) is 8.71. The average Bonchev–Trinajstić information content (AvgIpc) is 2.71. The van der Waals surface area contributed by atoms with Gasteiger partial charge in [-0.2, -0.15) is 0 Å². The van der Waals surface area contributed by atoms with E-state index in [9.17, 15) is 8.42 Å². The van der Waals surface area contributed by atoms with Crippen molar-refractivity contribution in [2.24, 2.45) is 5.73 Å². The van der Waals surface area contributed by atoms with Crippen LogP contribution in [0.4, 0.5) is 0 Å². The van der Waals surface area contributed by atoms with E-state index in [4.69, 9.17) is 5.73 Å². The van der Waals surface area contributed by atoms with Gasteiger partial charge in [0.1, 0.15) is 0 Å². The van der Waals surface area contributed by atoms with Crippen LogP contribution in [0.2, 0.25) is 0 Å². The number of nitrogens with zero attached hydrogens (tertiary/aromatic N) is 2. The highest BCUT2D eigenvalue weighted by molar-refractivity contribution is 7.91. The predicted octanol–water partition coefficient (Wildman–Crippen LogP) is 0.00762. The lowest BCUT2D eigenvalue weighted by Crippen LogP contribution is -2.44. The number of rotatable bonds is 3. The summed E-state index contributed by atoms with van der Waals surface area (Å²) in [5, 5.41) is 0. The number of hydrogen-bond donors (Lipinski definition) is 1. The van der Waals surface area contributed by atoms with Gasteiger partial charge in [0.05, 0.1) is 22.7 Å². The summed E-state index contributed by atoms with van der Waals surface area (Å²) in [6, 6.07) is -0.361. The first-order valence-corrected chi connectivity index (χ1v) is 8.14. The molecule has 17 heavy (non-hydrogen) atoms. The third kappa shape index (κ3) is 2.85. The summed E-state index contributed by atoms with van der Waals surface area (Å²) < 4.78 is 23.0. The maximum absolute atomic E-state index is 11.5. The van der Waals surface area contributed by atoms with Gasteiger partial charge in [-0.25, -0.2) is 13.4 Å². The standard InChI is InChI=1S/C10H17N3O2S2/c1-7-10(16-6-12-7)3-13(2)9-5-17(14,15)4-8(9)11/h6,8-9H,3-5,11H2,1-2H3. The van der Waals surface area contributed by atoms with Crippen molar-refractivity contribution in [2.45, 2.75) is 25.6 Å². The summed E-state index contributed by atoms with van der Waals surface area (Å²) in [6.07, 6.45) is 0. The van der Waals surface area contributed by atoms with Crippen LogP contribution in [0.3, 0.4) is 0 Å². The molecule has 0 amide bonds. The van der Waals surface area contributed by atoms with E-state index in [1.165, 1.54) is 4.88 Å². The van der Waals surface area contributed by atoms with Crippen molar-refractivity contribution in [3.8, 4) is 0 Å². The fraction of sp³-hybridized carbons (Fsp3) is 0.700. The Morgan fingerprint density at radius 1 is 1.59 bits per heavy atom. The second kappa shape index (κ2) is 4.64. The summed E-state index contributed by atoms with van der Waals surface area (Å²) in [4.78, 5) is 7.38. The monoisotopic (exact) mass is 275 g/mol. The molecule has 96 valence electrons. The Morgan fingerprint density at radius 3 is 2.76 bits per heavy atom. The van der Waals surface area contributed by atoms with Crippen LogP contribution < -0.4 is 5.73 Å². The van der Waals surface area contributed by atoms with E-state index in [0.29, 0.717) is 6.54 Å². The Balaban J connectivity index is 2.06. The Kier molecular flexibility index (Phi) is 3.53. The molecule has 2 rings (SSSR count). The van der Waals surface area contributed by atoms with Crippen LogP contribution in [-0.4, -0.2) is 48.9 Å². The van der Waals surface area contributed by atoms with Crippen LogP contribution in [0, 0.1) is 6.92 Å². The fourth-order valence-electron chi connectivity index (χ4n) is 2.13. The Hall–Kier alpha value is -0.500. The molecule has 0 radical (unpaired) electrons. The fourth-order valence-corrected chi connectivity index (χ4v) is 4.94. The van der Waals surface area contributed by atoms with E-state index in [-0.39, 0.29) is 23.6 Å². The molecule has 1 saturated heterocycles. The van der Waals surface area contributed by atoms with E-state index >= 15 is 0 Å². The molecule has 1 aromatic rings. The third-order valence-corrected chi connectivity index (χ3v) is 5.83. The quantitative estimate of drug-likeness (QED) is 0.841. The van der Waals surface area contributed by atoms with Gasteiger partial charge in [-0.3, -0.25) is 4.90 Å². The molecule has 5 nitrogen and oxygen atoms in total. The van der Waals surface area contributed by atoms with Crippen molar-refractivity contribution >= 4 is 21.2 Å². The zero-order valence-corrected chi connectivity index (χ0v) is 11.6. The van der Waals surface area contributed by atoms with Crippen LogP contribution >= 0.6 is 11.3 Å². The highest BCUT2D eigenvalue weighted by Crippen LogP contribution is 2.20. The molecule has 0 aromatic carbocycles. The lowest BCUT2D eigenvalue weighted by molar-refractivity contribution is 0.237. The van der Waals surface area contributed by atoms with Crippen molar-refractivity contribution in [3.63, 3.8) is 0 Å². The molecule has 1 aliphatic rings. The van der Waals surface area contributed by atoms with Gasteiger partial charge in [-0.05, 0) is 14.0 Å². The molecule has 7 heteroatoms. The average molecular weight is 275 g/mol. The van der Waals surface area contributed by atoms with Crippen LogP contribution in [-0.2, 0) is 16.4 Å². The number of thiazole rings is 1. The van der Waals surface area contributed by atoms with Crippen LogP contribution in [0.5, 0.6) is 0 Å². The lowest BCUT2D eigenvalue weighted by atomic mass is 10.1. The van der Waals surface area contributed by atoms with Gasteiger partial charge in [-0.1, -0.05) is 0 Å². The molecule has 1 aromatic heterocycles. The van der Waals surface area contributed by atoms with Crippen molar-refractivity contribution in [3.05, 3.63) is 16.1 Å². The summed E-state index contributed by atoms with van der Waals surface area (Å²) in [6.45, 7) is 2.68. The maximum atomic E-state index is 11.5. The maximum Gasteiger partial charge on any atom is 0.153 e. The number of nitrogens with two attached hydrogens (primary N) is 1. The van der Waals surface area contributed by atoms with Gasteiger partial charge in [-0.15, -0.1) is 11.3 Å². The Bertz CT molecular complexity index is 497. The third-order valence-electron chi connectivity index (χ3n) is 3.17. The van der Waals surface area contributed by atoms with E-state index in [2.05, 4.69) is 4.98 Å². The van der Waals surface area contributed by atoms with Crippen LogP contribution in [0.1, 0.15) is 10.6 Å². The Morgan fingerprint density at radius 2 is 2.29 bits per heavy atom. The van der Waals surface area contributed by atoms with Crippen LogP contribution in [0.25, 0.3) is 0 Å². The minimum atomic E-state index is -2.96. The zero-order chi connectivity index (χ0) is 12.6. The first kappa shape index (κ1) is 12.9. The highest BCUT2D eigenvalue weighted by Gasteiger charge is 2.37. The topological polar surface area (TPSA) is 76.3 Å². The van der Waals surface area contributed by atoms with E-state index < -0.39 is 9.84 Å². The molecule has 1 fully saturated rings. The zero-order valence-electron chi connectivity index (χ0n) is 9.96. The summed E-state index contributed by atoms with van der Waals surface area (Å²) >= 11 is 1.59. The first-order valence-electron chi connectivity index (χ1n) is 5.44. The van der Waals surface area contributed by atoms with E-state index in [1.54, 1.807) is 11.3 Å². The summed E-state index contributed by atoms with van der Waals surface area (Å²) in [5.74, 6) is 0.270.